The molecule has 3 heteroatoms. The zero-order valence-electron chi connectivity index (χ0n) is 9.79. The van der Waals surface area contributed by atoms with E-state index in [1.807, 2.05) is 6.08 Å². The van der Waals surface area contributed by atoms with E-state index in [4.69, 9.17) is 4.74 Å². The molecule has 0 aromatic carbocycles. The summed E-state index contributed by atoms with van der Waals surface area (Å²) >= 11 is 0. The van der Waals surface area contributed by atoms with Gasteiger partial charge in [-0.2, -0.15) is 0 Å². The van der Waals surface area contributed by atoms with Crippen molar-refractivity contribution in [1.82, 2.24) is 0 Å². The van der Waals surface area contributed by atoms with E-state index in [9.17, 15) is 4.79 Å². The summed E-state index contributed by atoms with van der Waals surface area (Å²) in [6.45, 7) is 4.26. The van der Waals surface area contributed by atoms with Crippen LogP contribution in [0.1, 0.15) is 39.5 Å². The van der Waals surface area contributed by atoms with Crippen molar-refractivity contribution < 1.29 is 14.3 Å². The Bertz CT molecular complexity index is 245. The van der Waals surface area contributed by atoms with Gasteiger partial charge in [-0.1, -0.05) is 26.7 Å². The molecule has 0 fully saturated rings. The summed E-state index contributed by atoms with van der Waals surface area (Å²) in [7, 11) is 1.38. The van der Waals surface area contributed by atoms with Gasteiger partial charge in [0.1, 0.15) is 0 Å². The molecule has 0 N–H and O–H groups in total. The number of unbranched alkanes of at least 4 members (excludes halogenated alkanes) is 1. The summed E-state index contributed by atoms with van der Waals surface area (Å²) in [5, 5.41) is 0. The lowest BCUT2D eigenvalue weighted by Crippen LogP contribution is -2.24. The summed E-state index contributed by atoms with van der Waals surface area (Å²) in [5.74, 6) is 0.426. The van der Waals surface area contributed by atoms with E-state index in [1.165, 1.54) is 7.11 Å². The van der Waals surface area contributed by atoms with Crippen LogP contribution in [-0.2, 0) is 14.3 Å². The first-order chi connectivity index (χ1) is 7.17. The van der Waals surface area contributed by atoms with Crippen LogP contribution in [-0.4, -0.2) is 19.2 Å². The van der Waals surface area contributed by atoms with E-state index >= 15 is 0 Å². The van der Waals surface area contributed by atoms with Crippen molar-refractivity contribution in [2.24, 2.45) is 5.92 Å². The molecule has 86 valence electrons. The predicted octanol–water partition coefficient (Wildman–Crippen LogP) is 2.66. The molecule has 0 aliphatic carbocycles. The normalized spacial score (nSPS) is 25.4. The smallest absolute Gasteiger partial charge is 0.372 e. The highest BCUT2D eigenvalue weighted by atomic mass is 16.6. The molecule has 0 bridgehead atoms. The maximum Gasteiger partial charge on any atom is 0.372 e. The zero-order chi connectivity index (χ0) is 11.3. The van der Waals surface area contributed by atoms with Crippen LogP contribution in [0.2, 0.25) is 0 Å². The number of methoxy groups -OCH3 is 1. The van der Waals surface area contributed by atoms with Gasteiger partial charge >= 0.3 is 5.97 Å². The molecule has 1 aliphatic rings. The van der Waals surface area contributed by atoms with Gasteiger partial charge in [0.25, 0.3) is 0 Å². The molecule has 0 spiro atoms. The number of hydrogen-bond donors (Lipinski definition) is 0. The lowest BCUT2D eigenvalue weighted by atomic mass is 9.96. The fourth-order valence-corrected chi connectivity index (χ4v) is 1.83. The molecule has 0 saturated carbocycles. The Balaban J connectivity index is 2.55. The van der Waals surface area contributed by atoms with Crippen molar-refractivity contribution in [2.45, 2.75) is 45.6 Å². The summed E-state index contributed by atoms with van der Waals surface area (Å²) in [6.07, 6.45) is 6.36. The lowest BCUT2D eigenvalue weighted by Gasteiger charge is -2.26. The molecule has 0 aromatic rings. The minimum Gasteiger partial charge on any atom is -0.483 e. The molecule has 1 aliphatic heterocycles. The summed E-state index contributed by atoms with van der Waals surface area (Å²) in [5.41, 5.74) is 0. The Morgan fingerprint density at radius 1 is 1.67 bits per heavy atom. The van der Waals surface area contributed by atoms with Gasteiger partial charge < -0.3 is 9.47 Å². The minimum atomic E-state index is -0.358. The second-order valence-corrected chi connectivity index (χ2v) is 4.12. The SMILES string of the molecule is CCCCC1CC(C)C=C(C(=O)OC)O1. The lowest BCUT2D eigenvalue weighted by molar-refractivity contribution is -0.142. The Hall–Kier alpha value is -0.990. The van der Waals surface area contributed by atoms with Crippen LogP contribution in [0, 0.1) is 5.92 Å². The topological polar surface area (TPSA) is 35.5 Å². The van der Waals surface area contributed by atoms with Crippen LogP contribution < -0.4 is 0 Å². The first kappa shape index (κ1) is 12.1. The molecule has 0 radical (unpaired) electrons. The molecule has 0 saturated heterocycles. The standard InChI is InChI=1S/C12H20O3/c1-4-5-6-10-7-9(2)8-11(15-10)12(13)14-3/h8-10H,4-7H2,1-3H3. The second-order valence-electron chi connectivity index (χ2n) is 4.12. The summed E-state index contributed by atoms with van der Waals surface area (Å²) < 4.78 is 10.3. The largest absolute Gasteiger partial charge is 0.483 e. The predicted molar refractivity (Wildman–Crippen MR) is 58.3 cm³/mol. The van der Waals surface area contributed by atoms with Gasteiger partial charge in [-0.3, -0.25) is 0 Å². The maximum absolute atomic E-state index is 11.3. The number of carbonyl (C=O) groups excluding carboxylic acids is 1. The number of allylic oxidation sites excluding steroid dienone is 1. The van der Waals surface area contributed by atoms with E-state index in [0.717, 1.165) is 25.7 Å². The van der Waals surface area contributed by atoms with Gasteiger partial charge in [0.2, 0.25) is 5.76 Å². The van der Waals surface area contributed by atoms with Crippen molar-refractivity contribution in [1.29, 1.82) is 0 Å². The van der Waals surface area contributed by atoms with Crippen LogP contribution in [0.15, 0.2) is 11.8 Å². The monoisotopic (exact) mass is 212 g/mol. The molecule has 1 rings (SSSR count). The molecule has 15 heavy (non-hydrogen) atoms. The molecule has 1 heterocycles. The maximum atomic E-state index is 11.3. The zero-order valence-corrected chi connectivity index (χ0v) is 9.79. The van der Waals surface area contributed by atoms with Crippen LogP contribution in [0.25, 0.3) is 0 Å². The molecular formula is C12H20O3. The molecule has 3 nitrogen and oxygen atoms in total. The average Bonchev–Trinajstić information content (AvgIpc) is 2.24. The molecule has 2 unspecified atom stereocenters. The summed E-state index contributed by atoms with van der Waals surface area (Å²) in [6, 6.07) is 0. The van der Waals surface area contributed by atoms with Crippen molar-refractivity contribution in [2.75, 3.05) is 7.11 Å². The Morgan fingerprint density at radius 2 is 2.40 bits per heavy atom. The van der Waals surface area contributed by atoms with Gasteiger partial charge in [-0.15, -0.1) is 0 Å². The van der Waals surface area contributed by atoms with Crippen LogP contribution in [0.4, 0.5) is 0 Å². The molecule has 2 atom stereocenters. The average molecular weight is 212 g/mol. The first-order valence-electron chi connectivity index (χ1n) is 5.64. The van der Waals surface area contributed by atoms with Crippen molar-refractivity contribution in [3.05, 3.63) is 11.8 Å². The minimum absolute atomic E-state index is 0.180. The highest BCUT2D eigenvalue weighted by Crippen LogP contribution is 2.25. The Labute approximate surface area is 91.4 Å². The number of rotatable bonds is 4. The highest BCUT2D eigenvalue weighted by molar-refractivity contribution is 5.86. The Kier molecular flexibility index (Phi) is 4.66. The Morgan fingerprint density at radius 3 is 3.00 bits per heavy atom. The van der Waals surface area contributed by atoms with Crippen LogP contribution in [0.5, 0.6) is 0 Å². The molecular weight excluding hydrogens is 192 g/mol. The van der Waals surface area contributed by atoms with E-state index < -0.39 is 0 Å². The van der Waals surface area contributed by atoms with Crippen molar-refractivity contribution in [3.63, 3.8) is 0 Å². The van der Waals surface area contributed by atoms with Gasteiger partial charge in [0, 0.05) is 0 Å². The fraction of sp³-hybridized carbons (Fsp3) is 0.750. The highest BCUT2D eigenvalue weighted by Gasteiger charge is 2.24. The van der Waals surface area contributed by atoms with Crippen LogP contribution >= 0.6 is 0 Å². The number of ether oxygens (including phenoxy) is 2. The van der Waals surface area contributed by atoms with Gasteiger partial charge in [0.05, 0.1) is 13.2 Å². The van der Waals surface area contributed by atoms with Gasteiger partial charge in [-0.25, -0.2) is 4.79 Å². The first-order valence-corrected chi connectivity index (χ1v) is 5.64. The van der Waals surface area contributed by atoms with Gasteiger partial charge in [-0.05, 0) is 24.8 Å². The van der Waals surface area contributed by atoms with Crippen LogP contribution in [0.3, 0.4) is 0 Å². The third-order valence-electron chi connectivity index (χ3n) is 2.63. The number of esters is 1. The summed E-state index contributed by atoms with van der Waals surface area (Å²) in [4.78, 5) is 11.3. The fourth-order valence-electron chi connectivity index (χ4n) is 1.83. The quantitative estimate of drug-likeness (QED) is 0.672. The van der Waals surface area contributed by atoms with Crippen molar-refractivity contribution >= 4 is 5.97 Å². The third kappa shape index (κ3) is 3.57. The van der Waals surface area contributed by atoms with E-state index in [2.05, 4.69) is 18.6 Å². The second kappa shape index (κ2) is 5.79. The van der Waals surface area contributed by atoms with Gasteiger partial charge in [0.15, 0.2) is 0 Å². The number of carbonyl (C=O) groups is 1. The number of hydrogen-bond acceptors (Lipinski definition) is 3. The van der Waals surface area contributed by atoms with E-state index in [-0.39, 0.29) is 12.1 Å². The van der Waals surface area contributed by atoms with E-state index in [0.29, 0.717) is 11.7 Å². The molecule has 0 aromatic heterocycles. The van der Waals surface area contributed by atoms with Crippen molar-refractivity contribution in [3.8, 4) is 0 Å². The third-order valence-corrected chi connectivity index (χ3v) is 2.63. The van der Waals surface area contributed by atoms with E-state index in [1.54, 1.807) is 0 Å². The molecule has 0 amide bonds.